The number of carbonyl (C=O) groups is 1. The molecule has 1 aliphatic rings. The van der Waals surface area contributed by atoms with Crippen LogP contribution < -0.4 is 5.32 Å². The van der Waals surface area contributed by atoms with E-state index in [0.29, 0.717) is 30.1 Å². The summed E-state index contributed by atoms with van der Waals surface area (Å²) >= 11 is 1.29. The van der Waals surface area contributed by atoms with Crippen molar-refractivity contribution < 1.29 is 13.2 Å². The Balaban J connectivity index is 1.70. The molecule has 0 bridgehead atoms. The van der Waals surface area contributed by atoms with E-state index >= 15 is 0 Å². The molecule has 2 heterocycles. The van der Waals surface area contributed by atoms with Crippen LogP contribution in [0.1, 0.15) is 12.8 Å². The molecule has 1 amide bonds. The Morgan fingerprint density at radius 2 is 1.84 bits per heavy atom. The minimum atomic E-state index is -3.49. The Morgan fingerprint density at radius 1 is 1.16 bits per heavy atom. The smallest absolute Gasteiger partial charge is 0.252 e. The molecule has 1 saturated heterocycles. The molecule has 0 aliphatic carbocycles. The minimum Gasteiger partial charge on any atom is -0.350 e. The summed E-state index contributed by atoms with van der Waals surface area (Å²) in [5.74, 6) is -0.216. The van der Waals surface area contributed by atoms with Gasteiger partial charge in [-0.25, -0.2) is 8.42 Å². The normalized spacial score (nSPS) is 16.5. The molecule has 0 unspecified atom stereocenters. The van der Waals surface area contributed by atoms with Crippen molar-refractivity contribution in [2.75, 3.05) is 13.1 Å². The molecule has 3 rings (SSSR count). The van der Waals surface area contributed by atoms with Crippen LogP contribution in [-0.4, -0.2) is 37.8 Å². The third-order valence-electron chi connectivity index (χ3n) is 4.22. The van der Waals surface area contributed by atoms with Crippen LogP contribution in [0, 0.1) is 0 Å². The number of nitrogens with one attached hydrogen (secondary N) is 1. The Hall–Kier alpha value is -1.96. The molecule has 0 saturated carbocycles. The van der Waals surface area contributed by atoms with Crippen molar-refractivity contribution in [1.82, 2.24) is 9.62 Å². The Kier molecular flexibility index (Phi) is 5.36. The molecule has 1 aromatic heterocycles. The number of carbonyl (C=O) groups excluding carboxylic acids is 1. The van der Waals surface area contributed by atoms with E-state index in [-0.39, 0.29) is 11.9 Å². The number of benzene rings is 1. The zero-order valence-corrected chi connectivity index (χ0v) is 15.4. The zero-order valence-electron chi connectivity index (χ0n) is 13.7. The van der Waals surface area contributed by atoms with Gasteiger partial charge in [0, 0.05) is 24.0 Å². The van der Waals surface area contributed by atoms with Gasteiger partial charge in [0.2, 0.25) is 5.91 Å². The molecule has 5 nitrogen and oxygen atoms in total. The number of hydrogen-bond donors (Lipinski definition) is 1. The van der Waals surface area contributed by atoms with Gasteiger partial charge in [0.15, 0.2) is 0 Å². The summed E-state index contributed by atoms with van der Waals surface area (Å²) in [5.41, 5.74) is 1.01. The highest BCUT2D eigenvalue weighted by molar-refractivity contribution is 7.91. The monoisotopic (exact) mass is 376 g/mol. The predicted molar refractivity (Wildman–Crippen MR) is 99.9 cm³/mol. The van der Waals surface area contributed by atoms with Crippen LogP contribution in [0.15, 0.2) is 59.3 Å². The number of piperidine rings is 1. The highest BCUT2D eigenvalue weighted by Gasteiger charge is 2.30. The van der Waals surface area contributed by atoms with Gasteiger partial charge in [0.25, 0.3) is 10.0 Å². The molecule has 2 aromatic rings. The average Bonchev–Trinajstić information content (AvgIpc) is 3.14. The first-order valence-electron chi connectivity index (χ1n) is 8.09. The van der Waals surface area contributed by atoms with E-state index in [4.69, 9.17) is 0 Å². The summed E-state index contributed by atoms with van der Waals surface area (Å²) in [6, 6.07) is 13.3. The van der Waals surface area contributed by atoms with Gasteiger partial charge in [-0.1, -0.05) is 36.9 Å². The predicted octanol–water partition coefficient (Wildman–Crippen LogP) is 2.87. The number of thiophene rings is 1. The lowest BCUT2D eigenvalue weighted by atomic mass is 10.1. The highest BCUT2D eigenvalue weighted by Crippen LogP contribution is 2.33. The van der Waals surface area contributed by atoms with Crippen molar-refractivity contribution in [1.29, 1.82) is 0 Å². The second-order valence-corrected chi connectivity index (χ2v) is 9.12. The Labute approximate surface area is 152 Å². The molecule has 132 valence electrons. The zero-order chi connectivity index (χ0) is 17.9. The van der Waals surface area contributed by atoms with Gasteiger partial charge in [0.05, 0.1) is 0 Å². The van der Waals surface area contributed by atoms with Crippen LogP contribution in [0.4, 0.5) is 0 Å². The van der Waals surface area contributed by atoms with Crippen molar-refractivity contribution >= 4 is 27.3 Å². The van der Waals surface area contributed by atoms with Crippen molar-refractivity contribution in [2.24, 2.45) is 0 Å². The molecule has 0 radical (unpaired) electrons. The summed E-state index contributed by atoms with van der Waals surface area (Å²) in [6.07, 6.45) is 2.45. The first-order valence-corrected chi connectivity index (χ1v) is 10.3. The Bertz CT molecular complexity index is 851. The van der Waals surface area contributed by atoms with Crippen LogP contribution in [0.25, 0.3) is 10.4 Å². The van der Waals surface area contributed by atoms with Crippen LogP contribution in [0.3, 0.4) is 0 Å². The van der Waals surface area contributed by atoms with E-state index in [9.17, 15) is 13.2 Å². The van der Waals surface area contributed by atoms with Crippen LogP contribution in [-0.2, 0) is 14.8 Å². The third kappa shape index (κ3) is 4.00. The summed E-state index contributed by atoms with van der Waals surface area (Å²) in [7, 11) is -3.49. The lowest BCUT2D eigenvalue weighted by Gasteiger charge is -2.31. The van der Waals surface area contributed by atoms with Gasteiger partial charge in [-0.15, -0.1) is 11.3 Å². The molecule has 0 atom stereocenters. The molecular weight excluding hydrogens is 356 g/mol. The SMILES string of the molecule is C=CC(=O)NC1CCN(S(=O)(=O)c2ccc(-c3ccccc3)s2)CC1. The van der Waals surface area contributed by atoms with E-state index < -0.39 is 10.0 Å². The summed E-state index contributed by atoms with van der Waals surface area (Å²) in [6.45, 7) is 4.24. The van der Waals surface area contributed by atoms with Crippen molar-refractivity contribution in [3.05, 3.63) is 55.1 Å². The fourth-order valence-electron chi connectivity index (χ4n) is 2.84. The molecule has 1 fully saturated rings. The van der Waals surface area contributed by atoms with Gasteiger partial charge in [-0.05, 0) is 36.6 Å². The summed E-state index contributed by atoms with van der Waals surface area (Å²) in [5, 5.41) is 2.83. The largest absolute Gasteiger partial charge is 0.350 e. The fraction of sp³-hybridized carbons (Fsp3) is 0.278. The second-order valence-electron chi connectivity index (χ2n) is 5.88. The number of hydrogen-bond acceptors (Lipinski definition) is 4. The summed E-state index contributed by atoms with van der Waals surface area (Å²) in [4.78, 5) is 12.3. The van der Waals surface area contributed by atoms with E-state index in [2.05, 4.69) is 11.9 Å². The maximum absolute atomic E-state index is 12.8. The molecule has 1 N–H and O–H groups in total. The maximum atomic E-state index is 12.8. The minimum absolute atomic E-state index is 0.000153. The van der Waals surface area contributed by atoms with E-state index in [0.717, 1.165) is 10.4 Å². The van der Waals surface area contributed by atoms with Gasteiger partial charge in [0.1, 0.15) is 4.21 Å². The van der Waals surface area contributed by atoms with E-state index in [1.54, 1.807) is 6.07 Å². The van der Waals surface area contributed by atoms with Crippen LogP contribution in [0.2, 0.25) is 0 Å². The second kappa shape index (κ2) is 7.51. The topological polar surface area (TPSA) is 66.5 Å². The Morgan fingerprint density at radius 3 is 2.48 bits per heavy atom. The first kappa shape index (κ1) is 17.8. The standard InChI is InChI=1S/C18H20N2O3S2/c1-2-17(21)19-15-10-12-20(13-11-15)25(22,23)18-9-8-16(24-18)14-6-4-3-5-7-14/h2-9,15H,1,10-13H2,(H,19,21). The quantitative estimate of drug-likeness (QED) is 0.816. The molecule has 1 aromatic carbocycles. The molecule has 1 aliphatic heterocycles. The summed E-state index contributed by atoms with van der Waals surface area (Å²) < 4.78 is 27.6. The fourth-order valence-corrected chi connectivity index (χ4v) is 5.78. The number of rotatable bonds is 5. The van der Waals surface area contributed by atoms with Crippen molar-refractivity contribution in [3.8, 4) is 10.4 Å². The first-order chi connectivity index (χ1) is 12.0. The molecule has 25 heavy (non-hydrogen) atoms. The van der Waals surface area contributed by atoms with Gasteiger partial charge in [-0.2, -0.15) is 4.31 Å². The lowest BCUT2D eigenvalue weighted by molar-refractivity contribution is -0.117. The molecular formula is C18H20N2O3S2. The molecule has 7 heteroatoms. The lowest BCUT2D eigenvalue weighted by Crippen LogP contribution is -2.46. The van der Waals surface area contributed by atoms with Crippen LogP contribution >= 0.6 is 11.3 Å². The number of sulfonamides is 1. The third-order valence-corrected chi connectivity index (χ3v) is 7.72. The van der Waals surface area contributed by atoms with Crippen molar-refractivity contribution in [2.45, 2.75) is 23.1 Å². The van der Waals surface area contributed by atoms with E-state index in [1.165, 1.54) is 21.7 Å². The number of nitrogens with zero attached hydrogens (tertiary/aromatic N) is 1. The van der Waals surface area contributed by atoms with Crippen molar-refractivity contribution in [3.63, 3.8) is 0 Å². The van der Waals surface area contributed by atoms with E-state index in [1.807, 2.05) is 36.4 Å². The number of amides is 1. The highest BCUT2D eigenvalue weighted by atomic mass is 32.2. The van der Waals surface area contributed by atoms with Gasteiger partial charge in [-0.3, -0.25) is 4.79 Å². The average molecular weight is 377 g/mol. The van der Waals surface area contributed by atoms with Crippen LogP contribution in [0.5, 0.6) is 0 Å². The maximum Gasteiger partial charge on any atom is 0.252 e. The van der Waals surface area contributed by atoms with Gasteiger partial charge >= 0.3 is 0 Å². The van der Waals surface area contributed by atoms with Gasteiger partial charge < -0.3 is 5.32 Å². The molecule has 0 spiro atoms.